The molecule has 15 heavy (non-hydrogen) atoms. The SMILES string of the molecule is Cc1cccc2cc(CCCN)ccc12. The van der Waals surface area contributed by atoms with Gasteiger partial charge in [-0.25, -0.2) is 0 Å². The number of rotatable bonds is 3. The summed E-state index contributed by atoms with van der Waals surface area (Å²) in [5.41, 5.74) is 8.25. The van der Waals surface area contributed by atoms with Crippen LogP contribution in [0.2, 0.25) is 0 Å². The Hall–Kier alpha value is -1.34. The minimum Gasteiger partial charge on any atom is -0.330 e. The standard InChI is InChI=1S/C14H17N/c1-11-4-2-6-13-10-12(5-3-9-15)7-8-14(11)13/h2,4,6-8,10H,3,5,9,15H2,1H3. The first kappa shape index (κ1) is 10.2. The van der Waals surface area contributed by atoms with Crippen molar-refractivity contribution in [1.29, 1.82) is 0 Å². The van der Waals surface area contributed by atoms with Crippen molar-refractivity contribution in [2.45, 2.75) is 19.8 Å². The lowest BCUT2D eigenvalue weighted by molar-refractivity contribution is 0.833. The lowest BCUT2D eigenvalue weighted by Gasteiger charge is -2.05. The first-order valence-electron chi connectivity index (χ1n) is 5.49. The van der Waals surface area contributed by atoms with Gasteiger partial charge in [0.1, 0.15) is 0 Å². The van der Waals surface area contributed by atoms with Crippen LogP contribution in [-0.4, -0.2) is 6.54 Å². The van der Waals surface area contributed by atoms with Crippen molar-refractivity contribution in [3.05, 3.63) is 47.5 Å². The Kier molecular flexibility index (Phi) is 3.02. The highest BCUT2D eigenvalue weighted by atomic mass is 14.5. The third kappa shape index (κ3) is 2.18. The Morgan fingerprint density at radius 2 is 2.00 bits per heavy atom. The van der Waals surface area contributed by atoms with Crippen molar-refractivity contribution < 1.29 is 0 Å². The van der Waals surface area contributed by atoms with Gasteiger partial charge in [-0.15, -0.1) is 0 Å². The highest BCUT2D eigenvalue weighted by Gasteiger charge is 1.98. The normalized spacial score (nSPS) is 10.8. The van der Waals surface area contributed by atoms with Gasteiger partial charge in [0, 0.05) is 0 Å². The Morgan fingerprint density at radius 3 is 2.80 bits per heavy atom. The third-order valence-electron chi connectivity index (χ3n) is 2.83. The van der Waals surface area contributed by atoms with E-state index in [-0.39, 0.29) is 0 Å². The van der Waals surface area contributed by atoms with Crippen LogP contribution in [-0.2, 0) is 6.42 Å². The van der Waals surface area contributed by atoms with Gasteiger partial charge in [-0.2, -0.15) is 0 Å². The molecule has 0 atom stereocenters. The summed E-state index contributed by atoms with van der Waals surface area (Å²) < 4.78 is 0. The molecular weight excluding hydrogens is 182 g/mol. The number of hydrogen-bond donors (Lipinski definition) is 1. The molecule has 0 saturated carbocycles. The molecule has 0 saturated heterocycles. The van der Waals surface area contributed by atoms with Crippen LogP contribution in [0.25, 0.3) is 10.8 Å². The van der Waals surface area contributed by atoms with Crippen LogP contribution >= 0.6 is 0 Å². The van der Waals surface area contributed by atoms with E-state index in [0.717, 1.165) is 19.4 Å². The molecule has 1 nitrogen and oxygen atoms in total. The highest BCUT2D eigenvalue weighted by molar-refractivity contribution is 5.86. The fourth-order valence-corrected chi connectivity index (χ4v) is 1.96. The van der Waals surface area contributed by atoms with Gasteiger partial charge in [0.25, 0.3) is 0 Å². The molecule has 0 aliphatic carbocycles. The quantitative estimate of drug-likeness (QED) is 0.807. The molecule has 2 aromatic rings. The molecular formula is C14H17N. The second kappa shape index (κ2) is 4.45. The van der Waals surface area contributed by atoms with Crippen LogP contribution in [0.5, 0.6) is 0 Å². The molecule has 2 N–H and O–H groups in total. The highest BCUT2D eigenvalue weighted by Crippen LogP contribution is 2.20. The van der Waals surface area contributed by atoms with E-state index in [1.54, 1.807) is 0 Å². The maximum Gasteiger partial charge on any atom is -0.00741 e. The fraction of sp³-hybridized carbons (Fsp3) is 0.286. The van der Waals surface area contributed by atoms with Gasteiger partial charge in [-0.05, 0) is 48.2 Å². The molecule has 0 bridgehead atoms. The molecule has 0 aliphatic rings. The summed E-state index contributed by atoms with van der Waals surface area (Å²) in [6, 6.07) is 13.2. The van der Waals surface area contributed by atoms with Crippen LogP contribution in [0.4, 0.5) is 0 Å². The smallest absolute Gasteiger partial charge is 0.00741 e. The molecule has 0 radical (unpaired) electrons. The summed E-state index contributed by atoms with van der Waals surface area (Å²) in [7, 11) is 0. The molecule has 78 valence electrons. The Labute approximate surface area is 90.9 Å². The van der Waals surface area contributed by atoms with Crippen molar-refractivity contribution in [3.63, 3.8) is 0 Å². The summed E-state index contributed by atoms with van der Waals surface area (Å²) in [6.07, 6.45) is 2.15. The molecule has 0 unspecified atom stereocenters. The number of aryl methyl sites for hydroxylation is 2. The topological polar surface area (TPSA) is 26.0 Å². The van der Waals surface area contributed by atoms with Crippen molar-refractivity contribution in [2.24, 2.45) is 5.73 Å². The van der Waals surface area contributed by atoms with Gasteiger partial charge in [-0.1, -0.05) is 36.4 Å². The van der Waals surface area contributed by atoms with E-state index in [9.17, 15) is 0 Å². The maximum atomic E-state index is 5.51. The van der Waals surface area contributed by atoms with Crippen molar-refractivity contribution >= 4 is 10.8 Å². The number of hydrogen-bond acceptors (Lipinski definition) is 1. The summed E-state index contributed by atoms with van der Waals surface area (Å²) >= 11 is 0. The summed E-state index contributed by atoms with van der Waals surface area (Å²) in [5.74, 6) is 0. The van der Waals surface area contributed by atoms with Crippen LogP contribution in [0.1, 0.15) is 17.5 Å². The Bertz CT molecular complexity index is 460. The summed E-state index contributed by atoms with van der Waals surface area (Å²) in [6.45, 7) is 2.92. The van der Waals surface area contributed by atoms with E-state index in [4.69, 9.17) is 5.73 Å². The second-order valence-electron chi connectivity index (χ2n) is 4.02. The second-order valence-corrected chi connectivity index (χ2v) is 4.02. The molecule has 0 amide bonds. The van der Waals surface area contributed by atoms with E-state index in [2.05, 4.69) is 43.3 Å². The van der Waals surface area contributed by atoms with E-state index >= 15 is 0 Å². The largest absolute Gasteiger partial charge is 0.330 e. The van der Waals surface area contributed by atoms with E-state index < -0.39 is 0 Å². The zero-order chi connectivity index (χ0) is 10.7. The van der Waals surface area contributed by atoms with Crippen molar-refractivity contribution in [3.8, 4) is 0 Å². The van der Waals surface area contributed by atoms with Crippen molar-refractivity contribution in [2.75, 3.05) is 6.54 Å². The van der Waals surface area contributed by atoms with Gasteiger partial charge >= 0.3 is 0 Å². The van der Waals surface area contributed by atoms with Crippen LogP contribution in [0.3, 0.4) is 0 Å². The van der Waals surface area contributed by atoms with Gasteiger partial charge in [0.2, 0.25) is 0 Å². The molecule has 0 fully saturated rings. The molecule has 2 rings (SSSR count). The van der Waals surface area contributed by atoms with Gasteiger partial charge in [0.15, 0.2) is 0 Å². The number of nitrogens with two attached hydrogens (primary N) is 1. The predicted octanol–water partition coefficient (Wildman–Crippen LogP) is 3.04. The van der Waals surface area contributed by atoms with Crippen LogP contribution < -0.4 is 5.73 Å². The summed E-state index contributed by atoms with van der Waals surface area (Å²) in [4.78, 5) is 0. The predicted molar refractivity (Wildman–Crippen MR) is 66.1 cm³/mol. The van der Waals surface area contributed by atoms with Crippen molar-refractivity contribution in [1.82, 2.24) is 0 Å². The fourth-order valence-electron chi connectivity index (χ4n) is 1.96. The average molecular weight is 199 g/mol. The minimum absolute atomic E-state index is 0.770. The van der Waals surface area contributed by atoms with Crippen LogP contribution in [0, 0.1) is 6.92 Å². The zero-order valence-corrected chi connectivity index (χ0v) is 9.16. The monoisotopic (exact) mass is 199 g/mol. The maximum absolute atomic E-state index is 5.51. The number of benzene rings is 2. The molecule has 2 aromatic carbocycles. The summed E-state index contributed by atoms with van der Waals surface area (Å²) in [5, 5.41) is 2.69. The van der Waals surface area contributed by atoms with Crippen LogP contribution in [0.15, 0.2) is 36.4 Å². The number of fused-ring (bicyclic) bond motifs is 1. The minimum atomic E-state index is 0.770. The molecule has 1 heteroatoms. The first-order valence-corrected chi connectivity index (χ1v) is 5.49. The Balaban J connectivity index is 2.39. The first-order chi connectivity index (χ1) is 7.31. The molecule has 0 aliphatic heterocycles. The average Bonchev–Trinajstić information content (AvgIpc) is 2.26. The van der Waals surface area contributed by atoms with E-state index in [0.29, 0.717) is 0 Å². The third-order valence-corrected chi connectivity index (χ3v) is 2.83. The molecule has 0 spiro atoms. The van der Waals surface area contributed by atoms with E-state index in [1.165, 1.54) is 21.9 Å². The lowest BCUT2D eigenvalue weighted by atomic mass is 10.0. The van der Waals surface area contributed by atoms with Gasteiger partial charge in [-0.3, -0.25) is 0 Å². The molecule has 0 aromatic heterocycles. The molecule has 0 heterocycles. The van der Waals surface area contributed by atoms with Gasteiger partial charge < -0.3 is 5.73 Å². The zero-order valence-electron chi connectivity index (χ0n) is 9.16. The lowest BCUT2D eigenvalue weighted by Crippen LogP contribution is -2.00. The van der Waals surface area contributed by atoms with E-state index in [1.807, 2.05) is 0 Å². The Morgan fingerprint density at radius 1 is 1.13 bits per heavy atom. The van der Waals surface area contributed by atoms with Gasteiger partial charge in [0.05, 0.1) is 0 Å².